The molecule has 1 aromatic heterocycles. The van der Waals surface area contributed by atoms with Crippen LogP contribution in [0.25, 0.3) is 0 Å². The number of carbonyl (C=O) groups excluding carboxylic acids is 1. The summed E-state index contributed by atoms with van der Waals surface area (Å²) in [5.74, 6) is -2.89. The Labute approximate surface area is 187 Å². The van der Waals surface area contributed by atoms with Crippen LogP contribution >= 0.6 is 0 Å². The lowest BCUT2D eigenvalue weighted by Gasteiger charge is -2.25. The van der Waals surface area contributed by atoms with Gasteiger partial charge in [0.1, 0.15) is 17.4 Å². The molecule has 1 fully saturated rings. The molecule has 8 heteroatoms. The Balaban J connectivity index is 1.97. The lowest BCUT2D eigenvalue weighted by Crippen LogP contribution is -2.24. The van der Waals surface area contributed by atoms with Crippen molar-refractivity contribution in [2.45, 2.75) is 64.4 Å². The predicted molar refractivity (Wildman–Crippen MR) is 119 cm³/mol. The fraction of sp³-hybridized carbons (Fsp3) is 0.458. The first kappa shape index (κ1) is 23.6. The van der Waals surface area contributed by atoms with Gasteiger partial charge in [-0.2, -0.15) is 4.98 Å². The number of alkyl halides is 2. The van der Waals surface area contributed by atoms with Crippen molar-refractivity contribution >= 4 is 17.4 Å². The molecule has 0 bridgehead atoms. The predicted octanol–water partition coefficient (Wildman–Crippen LogP) is 6.12. The molecule has 1 N–H and O–H groups in total. The summed E-state index contributed by atoms with van der Waals surface area (Å²) in [5, 5.41) is 3.02. The molecule has 0 atom stereocenters. The first-order valence-corrected chi connectivity index (χ1v) is 10.7. The molecule has 0 aliphatic heterocycles. The van der Waals surface area contributed by atoms with Gasteiger partial charge in [0.05, 0.1) is 12.8 Å². The molecule has 32 heavy (non-hydrogen) atoms. The van der Waals surface area contributed by atoms with Crippen LogP contribution in [0.15, 0.2) is 31.0 Å². The van der Waals surface area contributed by atoms with Gasteiger partial charge in [0.15, 0.2) is 5.78 Å². The fourth-order valence-corrected chi connectivity index (χ4v) is 3.85. The Morgan fingerprint density at radius 1 is 1.31 bits per heavy atom. The molecule has 2 aromatic rings. The number of rotatable bonds is 9. The van der Waals surface area contributed by atoms with Crippen LogP contribution in [0, 0.1) is 6.92 Å². The number of carbonyl (C=O) groups is 1. The molecule has 1 saturated carbocycles. The number of Topliss-reactive ketones (excluding diaryl/α,β-unsaturated/α-hetero) is 1. The van der Waals surface area contributed by atoms with E-state index in [1.54, 1.807) is 19.1 Å². The number of allylic oxidation sites excluding steroid dienone is 1. The highest BCUT2D eigenvalue weighted by atomic mass is 19.3. The summed E-state index contributed by atoms with van der Waals surface area (Å²) < 4.78 is 40.8. The number of anilines is 2. The third kappa shape index (κ3) is 5.41. The van der Waals surface area contributed by atoms with Gasteiger partial charge in [-0.1, -0.05) is 12.5 Å². The molecule has 6 nitrogen and oxygen atoms in total. The topological polar surface area (TPSA) is 73.3 Å². The number of hydrogen-bond donors (Lipinski definition) is 1. The zero-order valence-electron chi connectivity index (χ0n) is 18.7. The van der Waals surface area contributed by atoms with E-state index < -0.39 is 12.3 Å². The lowest BCUT2D eigenvalue weighted by atomic mass is 9.98. The monoisotopic (exact) mass is 445 g/mol. The van der Waals surface area contributed by atoms with Crippen molar-refractivity contribution in [2.24, 2.45) is 0 Å². The molecule has 1 aliphatic rings. The van der Waals surface area contributed by atoms with E-state index in [-0.39, 0.29) is 29.3 Å². The van der Waals surface area contributed by atoms with Crippen LogP contribution < -0.4 is 14.8 Å². The van der Waals surface area contributed by atoms with Crippen LogP contribution in [0.4, 0.5) is 20.4 Å². The van der Waals surface area contributed by atoms with E-state index in [9.17, 15) is 13.6 Å². The summed E-state index contributed by atoms with van der Waals surface area (Å²) in [7, 11) is 1.48. The molecule has 0 spiro atoms. The first-order chi connectivity index (χ1) is 15.2. The highest BCUT2D eigenvalue weighted by molar-refractivity contribution is 5.96. The minimum absolute atomic E-state index is 0.0828. The molecule has 1 aliphatic carbocycles. The van der Waals surface area contributed by atoms with Crippen molar-refractivity contribution in [3.05, 3.63) is 47.7 Å². The van der Waals surface area contributed by atoms with E-state index in [0.717, 1.165) is 43.9 Å². The van der Waals surface area contributed by atoms with E-state index in [1.807, 2.05) is 0 Å². The first-order valence-electron chi connectivity index (χ1n) is 10.7. The van der Waals surface area contributed by atoms with Gasteiger partial charge in [0.2, 0.25) is 11.8 Å². The number of benzene rings is 1. The maximum Gasteiger partial charge on any atom is 0.283 e. The van der Waals surface area contributed by atoms with Crippen LogP contribution in [0.1, 0.15) is 66.9 Å². The molecule has 0 amide bonds. The molecule has 172 valence electrons. The molecular weight excluding hydrogens is 416 g/mol. The smallest absolute Gasteiger partial charge is 0.283 e. The molecular formula is C24H29F2N3O3. The van der Waals surface area contributed by atoms with Crippen molar-refractivity contribution in [2.75, 3.05) is 12.4 Å². The van der Waals surface area contributed by atoms with Crippen molar-refractivity contribution in [1.82, 2.24) is 9.97 Å². The van der Waals surface area contributed by atoms with Crippen LogP contribution in [0.3, 0.4) is 0 Å². The minimum Gasteiger partial charge on any atom is -0.495 e. The van der Waals surface area contributed by atoms with Crippen LogP contribution in [-0.4, -0.2) is 29.0 Å². The van der Waals surface area contributed by atoms with Crippen molar-refractivity contribution in [1.29, 1.82) is 0 Å². The Morgan fingerprint density at radius 3 is 2.66 bits per heavy atom. The van der Waals surface area contributed by atoms with Crippen molar-refractivity contribution < 1.29 is 23.0 Å². The number of halogens is 2. The Morgan fingerprint density at radius 2 is 2.03 bits per heavy atom. The second-order valence-corrected chi connectivity index (χ2v) is 8.04. The molecule has 0 saturated heterocycles. The summed E-state index contributed by atoms with van der Waals surface area (Å²) in [4.78, 5) is 20.2. The van der Waals surface area contributed by atoms with E-state index in [4.69, 9.17) is 9.47 Å². The number of aryl methyl sites for hydroxylation is 1. The second-order valence-electron chi connectivity index (χ2n) is 8.04. The number of ether oxygens (including phenoxy) is 2. The largest absolute Gasteiger partial charge is 0.495 e. The highest BCUT2D eigenvalue weighted by Crippen LogP contribution is 2.39. The van der Waals surface area contributed by atoms with Crippen molar-refractivity contribution in [3.8, 4) is 11.6 Å². The Bertz CT molecular complexity index is 989. The average Bonchev–Trinajstić information content (AvgIpc) is 2.74. The minimum atomic E-state index is -3.19. The second kappa shape index (κ2) is 10.1. The number of aromatic nitrogens is 2. The molecule has 1 aromatic carbocycles. The zero-order valence-corrected chi connectivity index (χ0v) is 18.7. The quantitative estimate of drug-likeness (QED) is 0.370. The zero-order chi connectivity index (χ0) is 23.3. The molecule has 1 heterocycles. The maximum absolute atomic E-state index is 14.7. The number of methoxy groups -OCH3 is 1. The Kier molecular flexibility index (Phi) is 7.43. The SMILES string of the molecule is C=CCC(F)(F)c1cnc(Nc2cc(C)c(C(C)=O)cc2OC)nc1OC1CCCCC1. The van der Waals surface area contributed by atoms with Gasteiger partial charge in [-0.25, -0.2) is 13.8 Å². The van der Waals surface area contributed by atoms with E-state index in [1.165, 1.54) is 20.1 Å². The van der Waals surface area contributed by atoms with Crippen molar-refractivity contribution in [3.63, 3.8) is 0 Å². The van der Waals surface area contributed by atoms with Crippen LogP contribution in [0.5, 0.6) is 11.6 Å². The summed E-state index contributed by atoms with van der Waals surface area (Å²) >= 11 is 0. The van der Waals surface area contributed by atoms with E-state index in [0.29, 0.717) is 17.0 Å². The standard InChI is InChI=1S/C24H29F2N3O3/c1-5-11-24(25,26)19-14-27-23(29-22(19)32-17-9-7-6-8-10-17)28-20-12-15(2)18(16(3)30)13-21(20)31-4/h5,12-14,17H,1,6-11H2,2-4H3,(H,27,28,29). The highest BCUT2D eigenvalue weighted by Gasteiger charge is 2.36. The number of hydrogen-bond acceptors (Lipinski definition) is 6. The van der Waals surface area contributed by atoms with Gasteiger partial charge in [0.25, 0.3) is 5.92 Å². The maximum atomic E-state index is 14.7. The van der Waals surface area contributed by atoms with Crippen LogP contribution in [0.2, 0.25) is 0 Å². The third-order valence-corrected chi connectivity index (χ3v) is 5.55. The molecule has 0 radical (unpaired) electrons. The van der Waals surface area contributed by atoms with Gasteiger partial charge in [-0.15, -0.1) is 6.58 Å². The third-order valence-electron chi connectivity index (χ3n) is 5.55. The molecule has 0 unspecified atom stereocenters. The lowest BCUT2D eigenvalue weighted by molar-refractivity contribution is -0.00656. The summed E-state index contributed by atoms with van der Waals surface area (Å²) in [5.41, 5.74) is 1.44. The van der Waals surface area contributed by atoms with Gasteiger partial charge in [-0.05, 0) is 57.2 Å². The fourth-order valence-electron chi connectivity index (χ4n) is 3.85. The summed E-state index contributed by atoms with van der Waals surface area (Å²) in [6, 6.07) is 3.37. The number of ketones is 1. The number of nitrogens with zero attached hydrogens (tertiary/aromatic N) is 2. The summed E-state index contributed by atoms with van der Waals surface area (Å²) in [6.07, 6.45) is 6.29. The average molecular weight is 446 g/mol. The number of nitrogens with one attached hydrogen (secondary N) is 1. The van der Waals surface area contributed by atoms with Gasteiger partial charge in [-0.3, -0.25) is 4.79 Å². The van der Waals surface area contributed by atoms with Gasteiger partial charge < -0.3 is 14.8 Å². The normalized spacial score (nSPS) is 14.7. The molecule has 3 rings (SSSR count). The summed E-state index contributed by atoms with van der Waals surface area (Å²) in [6.45, 7) is 6.71. The van der Waals surface area contributed by atoms with E-state index >= 15 is 0 Å². The van der Waals surface area contributed by atoms with Gasteiger partial charge in [0, 0.05) is 18.2 Å². The van der Waals surface area contributed by atoms with Crippen LogP contribution in [-0.2, 0) is 5.92 Å². The van der Waals surface area contributed by atoms with E-state index in [2.05, 4.69) is 21.9 Å². The van der Waals surface area contributed by atoms with Gasteiger partial charge >= 0.3 is 0 Å². The Hall–Kier alpha value is -3.03.